The highest BCUT2D eigenvalue weighted by Crippen LogP contribution is 2.14. The third kappa shape index (κ3) is 3.08. The van der Waals surface area contributed by atoms with Gasteiger partial charge in [0.25, 0.3) is 0 Å². The van der Waals surface area contributed by atoms with E-state index in [-0.39, 0.29) is 17.9 Å². The molecule has 1 fully saturated rings. The highest BCUT2D eigenvalue weighted by Gasteiger charge is 2.33. The first-order chi connectivity index (χ1) is 8.70. The summed E-state index contributed by atoms with van der Waals surface area (Å²) in [5.74, 6) is 0.617. The first kappa shape index (κ1) is 13.0. The molecule has 1 aromatic heterocycles. The number of ether oxygens (including phenoxy) is 1. The maximum atomic E-state index is 12.0. The highest BCUT2D eigenvalue weighted by molar-refractivity contribution is 5.79. The van der Waals surface area contributed by atoms with E-state index >= 15 is 0 Å². The zero-order valence-corrected chi connectivity index (χ0v) is 10.7. The van der Waals surface area contributed by atoms with Gasteiger partial charge in [0.05, 0.1) is 25.7 Å². The fraction of sp³-hybridized carbons (Fsp3) is 0.667. The van der Waals surface area contributed by atoms with Crippen molar-refractivity contribution >= 4 is 5.91 Å². The van der Waals surface area contributed by atoms with E-state index in [9.17, 15) is 4.79 Å². The van der Waals surface area contributed by atoms with E-state index in [1.54, 1.807) is 0 Å². The van der Waals surface area contributed by atoms with Crippen LogP contribution in [0.15, 0.2) is 10.6 Å². The monoisotopic (exact) mass is 253 g/mol. The molecule has 18 heavy (non-hydrogen) atoms. The van der Waals surface area contributed by atoms with Gasteiger partial charge in [-0.25, -0.2) is 0 Å². The lowest BCUT2D eigenvalue weighted by molar-refractivity contribution is -0.125. The molecule has 6 heteroatoms. The van der Waals surface area contributed by atoms with Crippen LogP contribution in [0.1, 0.15) is 18.4 Å². The van der Waals surface area contributed by atoms with Gasteiger partial charge in [0, 0.05) is 12.1 Å². The van der Waals surface area contributed by atoms with Gasteiger partial charge in [-0.05, 0) is 13.5 Å². The summed E-state index contributed by atoms with van der Waals surface area (Å²) in [4.78, 5) is 12.0. The Morgan fingerprint density at radius 3 is 3.06 bits per heavy atom. The predicted octanol–water partition coefficient (Wildman–Crippen LogP) is 0.224. The molecule has 0 radical (unpaired) electrons. The standard InChI is InChI=1S/C12H19N3O3/c1-3-13-11-7-17-6-10(11)12(16)14-5-9-4-8(2)18-15-9/h4,10-11,13H,3,5-7H2,1-2H3,(H,14,16). The quantitative estimate of drug-likeness (QED) is 0.785. The summed E-state index contributed by atoms with van der Waals surface area (Å²) < 4.78 is 10.3. The summed E-state index contributed by atoms with van der Waals surface area (Å²) in [6.07, 6.45) is 0. The van der Waals surface area contributed by atoms with Crippen LogP contribution in [0.3, 0.4) is 0 Å². The van der Waals surface area contributed by atoms with Gasteiger partial charge < -0.3 is 19.9 Å². The summed E-state index contributed by atoms with van der Waals surface area (Å²) in [5, 5.41) is 9.95. The van der Waals surface area contributed by atoms with Crippen molar-refractivity contribution in [2.24, 2.45) is 5.92 Å². The topological polar surface area (TPSA) is 76.4 Å². The molecule has 0 saturated carbocycles. The number of aryl methyl sites for hydroxylation is 1. The summed E-state index contributed by atoms with van der Waals surface area (Å²) in [7, 11) is 0. The van der Waals surface area contributed by atoms with E-state index in [4.69, 9.17) is 9.26 Å². The van der Waals surface area contributed by atoms with Crippen molar-refractivity contribution < 1.29 is 14.1 Å². The maximum absolute atomic E-state index is 12.0. The molecule has 1 amide bonds. The van der Waals surface area contributed by atoms with Gasteiger partial charge in [-0.15, -0.1) is 0 Å². The first-order valence-electron chi connectivity index (χ1n) is 6.21. The lowest BCUT2D eigenvalue weighted by Crippen LogP contribution is -2.43. The van der Waals surface area contributed by atoms with Gasteiger partial charge >= 0.3 is 0 Å². The molecule has 1 aliphatic heterocycles. The van der Waals surface area contributed by atoms with E-state index < -0.39 is 0 Å². The van der Waals surface area contributed by atoms with Crippen molar-refractivity contribution in [1.82, 2.24) is 15.8 Å². The molecule has 2 rings (SSSR count). The summed E-state index contributed by atoms with van der Waals surface area (Å²) in [6, 6.07) is 1.92. The third-order valence-electron chi connectivity index (χ3n) is 3.00. The fourth-order valence-corrected chi connectivity index (χ4v) is 2.09. The second-order valence-electron chi connectivity index (χ2n) is 4.45. The molecule has 0 spiro atoms. The minimum atomic E-state index is -0.127. The van der Waals surface area contributed by atoms with Crippen molar-refractivity contribution in [2.75, 3.05) is 19.8 Å². The molecule has 1 aliphatic rings. The van der Waals surface area contributed by atoms with Gasteiger partial charge in [-0.1, -0.05) is 12.1 Å². The van der Waals surface area contributed by atoms with E-state index in [2.05, 4.69) is 15.8 Å². The Balaban J connectivity index is 1.83. The van der Waals surface area contributed by atoms with Crippen molar-refractivity contribution in [3.8, 4) is 0 Å². The second kappa shape index (κ2) is 5.97. The van der Waals surface area contributed by atoms with Crippen LogP contribution in [-0.4, -0.2) is 36.9 Å². The largest absolute Gasteiger partial charge is 0.379 e. The van der Waals surface area contributed by atoms with Crippen molar-refractivity contribution in [1.29, 1.82) is 0 Å². The van der Waals surface area contributed by atoms with Gasteiger partial charge in [0.15, 0.2) is 0 Å². The molecule has 6 nitrogen and oxygen atoms in total. The highest BCUT2D eigenvalue weighted by atomic mass is 16.5. The van der Waals surface area contributed by atoms with E-state index in [1.165, 1.54) is 0 Å². The average molecular weight is 253 g/mol. The molecular weight excluding hydrogens is 234 g/mol. The van der Waals surface area contributed by atoms with Crippen LogP contribution in [0.5, 0.6) is 0 Å². The van der Waals surface area contributed by atoms with E-state index in [0.29, 0.717) is 19.8 Å². The Morgan fingerprint density at radius 2 is 2.39 bits per heavy atom. The van der Waals surface area contributed by atoms with Crippen LogP contribution in [0.2, 0.25) is 0 Å². The van der Waals surface area contributed by atoms with Gasteiger partial charge in [-0.3, -0.25) is 4.79 Å². The molecule has 0 aromatic carbocycles. The second-order valence-corrected chi connectivity index (χ2v) is 4.45. The van der Waals surface area contributed by atoms with E-state index in [1.807, 2.05) is 19.9 Å². The number of hydrogen-bond donors (Lipinski definition) is 2. The third-order valence-corrected chi connectivity index (χ3v) is 3.00. The number of nitrogens with one attached hydrogen (secondary N) is 2. The summed E-state index contributed by atoms with van der Waals surface area (Å²) in [6.45, 7) is 6.14. The van der Waals surface area contributed by atoms with Crippen molar-refractivity contribution in [3.63, 3.8) is 0 Å². The molecule has 2 N–H and O–H groups in total. The summed E-state index contributed by atoms with van der Waals surface area (Å²) >= 11 is 0. The zero-order valence-electron chi connectivity index (χ0n) is 10.7. The molecule has 1 saturated heterocycles. The first-order valence-corrected chi connectivity index (χ1v) is 6.21. The maximum Gasteiger partial charge on any atom is 0.227 e. The molecule has 2 atom stereocenters. The summed E-state index contributed by atoms with van der Waals surface area (Å²) in [5.41, 5.74) is 0.736. The number of nitrogens with zero attached hydrogens (tertiary/aromatic N) is 1. The smallest absolute Gasteiger partial charge is 0.227 e. The number of amides is 1. The number of likely N-dealkylation sites (N-methyl/N-ethyl adjacent to an activating group) is 1. The molecule has 2 heterocycles. The van der Waals surface area contributed by atoms with Crippen LogP contribution in [-0.2, 0) is 16.1 Å². The predicted molar refractivity (Wildman–Crippen MR) is 64.9 cm³/mol. The number of hydrogen-bond acceptors (Lipinski definition) is 5. The molecule has 2 unspecified atom stereocenters. The van der Waals surface area contributed by atoms with Crippen LogP contribution in [0, 0.1) is 12.8 Å². The van der Waals surface area contributed by atoms with Gasteiger partial charge in [0.2, 0.25) is 5.91 Å². The Bertz CT molecular complexity index is 405. The van der Waals surface area contributed by atoms with Crippen LogP contribution < -0.4 is 10.6 Å². The number of aromatic nitrogens is 1. The molecule has 0 bridgehead atoms. The molecular formula is C12H19N3O3. The molecule has 1 aromatic rings. The molecule has 0 aliphatic carbocycles. The van der Waals surface area contributed by atoms with Crippen LogP contribution in [0.4, 0.5) is 0 Å². The minimum Gasteiger partial charge on any atom is -0.379 e. The van der Waals surface area contributed by atoms with Crippen LogP contribution >= 0.6 is 0 Å². The zero-order chi connectivity index (χ0) is 13.0. The normalized spacial score (nSPS) is 23.2. The van der Waals surface area contributed by atoms with Crippen LogP contribution in [0.25, 0.3) is 0 Å². The Morgan fingerprint density at radius 1 is 1.56 bits per heavy atom. The fourth-order valence-electron chi connectivity index (χ4n) is 2.09. The SMILES string of the molecule is CCNC1COCC1C(=O)NCc1cc(C)on1. The average Bonchev–Trinajstić information content (AvgIpc) is 2.96. The Hall–Kier alpha value is -1.40. The van der Waals surface area contributed by atoms with Crippen molar-refractivity contribution in [2.45, 2.75) is 26.4 Å². The number of carbonyl (C=O) groups is 1. The minimum absolute atomic E-state index is 0.000830. The number of carbonyl (C=O) groups excluding carboxylic acids is 1. The van der Waals surface area contributed by atoms with Gasteiger partial charge in [-0.2, -0.15) is 0 Å². The van der Waals surface area contributed by atoms with Gasteiger partial charge in [0.1, 0.15) is 11.5 Å². The van der Waals surface area contributed by atoms with E-state index in [0.717, 1.165) is 18.0 Å². The Labute approximate surface area is 106 Å². The van der Waals surface area contributed by atoms with Crippen molar-refractivity contribution in [3.05, 3.63) is 17.5 Å². The Kier molecular flexibility index (Phi) is 4.33. The lowest BCUT2D eigenvalue weighted by atomic mass is 10.0. The number of rotatable bonds is 5. The molecule has 100 valence electrons. The lowest BCUT2D eigenvalue weighted by Gasteiger charge is -2.17.